The number of anilines is 2. The second-order valence-corrected chi connectivity index (χ2v) is 6.31. The summed E-state index contributed by atoms with van der Waals surface area (Å²) in [6.45, 7) is 4.03. The summed E-state index contributed by atoms with van der Waals surface area (Å²) in [5, 5.41) is 2.86. The third kappa shape index (κ3) is 3.16. The van der Waals surface area contributed by atoms with Gasteiger partial charge >= 0.3 is 0 Å². The zero-order chi connectivity index (χ0) is 14.0. The lowest BCUT2D eigenvalue weighted by molar-refractivity contribution is 0.103. The van der Waals surface area contributed by atoms with E-state index in [4.69, 9.17) is 5.73 Å². The first-order chi connectivity index (χ1) is 9.01. The molecule has 0 spiro atoms. The van der Waals surface area contributed by atoms with E-state index in [2.05, 4.69) is 28.2 Å². The highest BCUT2D eigenvalue weighted by molar-refractivity contribution is 9.10. The number of nitrogens with two attached hydrogens (primary N) is 1. The van der Waals surface area contributed by atoms with Gasteiger partial charge in [0.1, 0.15) is 0 Å². The van der Waals surface area contributed by atoms with Crippen LogP contribution in [0.4, 0.5) is 11.4 Å². The number of rotatable bonds is 3. The van der Waals surface area contributed by atoms with Gasteiger partial charge < -0.3 is 11.1 Å². The molecule has 1 aromatic carbocycles. The molecule has 2 aromatic rings. The molecule has 0 unspecified atom stereocenters. The first-order valence-electron chi connectivity index (χ1n) is 5.97. The summed E-state index contributed by atoms with van der Waals surface area (Å²) < 4.78 is 0.797. The highest BCUT2D eigenvalue weighted by Gasteiger charge is 2.13. The highest BCUT2D eigenvalue weighted by Crippen LogP contribution is 2.31. The van der Waals surface area contributed by atoms with Crippen LogP contribution in [-0.2, 0) is 6.42 Å². The molecule has 0 aliphatic carbocycles. The molecule has 1 amide bonds. The topological polar surface area (TPSA) is 55.1 Å². The molecule has 0 fully saturated rings. The van der Waals surface area contributed by atoms with E-state index >= 15 is 0 Å². The molecule has 2 rings (SSSR count). The molecule has 1 heterocycles. The number of aryl methyl sites for hydroxylation is 2. The van der Waals surface area contributed by atoms with Gasteiger partial charge in [-0.2, -0.15) is 0 Å². The summed E-state index contributed by atoms with van der Waals surface area (Å²) >= 11 is 4.93. The third-order valence-electron chi connectivity index (χ3n) is 2.74. The van der Waals surface area contributed by atoms with Crippen LogP contribution in [0.2, 0.25) is 0 Å². The van der Waals surface area contributed by atoms with E-state index in [1.165, 1.54) is 16.2 Å². The van der Waals surface area contributed by atoms with Crippen molar-refractivity contribution >= 4 is 44.5 Å². The van der Waals surface area contributed by atoms with Gasteiger partial charge in [-0.1, -0.05) is 6.92 Å². The fraction of sp³-hybridized carbons (Fsp3) is 0.214. The van der Waals surface area contributed by atoms with Gasteiger partial charge in [-0.25, -0.2) is 0 Å². The Bertz CT molecular complexity index is 599. The molecular weight excluding hydrogens is 324 g/mol. The van der Waals surface area contributed by atoms with Crippen LogP contribution in [0.5, 0.6) is 0 Å². The van der Waals surface area contributed by atoms with Gasteiger partial charge in [-0.15, -0.1) is 11.3 Å². The molecule has 100 valence electrons. The van der Waals surface area contributed by atoms with Crippen LogP contribution < -0.4 is 11.1 Å². The van der Waals surface area contributed by atoms with Crippen molar-refractivity contribution < 1.29 is 4.79 Å². The number of nitrogens with one attached hydrogen (secondary N) is 1. The van der Waals surface area contributed by atoms with Crippen molar-refractivity contribution in [1.82, 2.24) is 0 Å². The molecule has 19 heavy (non-hydrogen) atoms. The number of hydrogen-bond donors (Lipinski definition) is 2. The summed E-state index contributed by atoms with van der Waals surface area (Å²) in [6.07, 6.45) is 0.939. The molecule has 1 aromatic heterocycles. The van der Waals surface area contributed by atoms with Crippen molar-refractivity contribution in [3.8, 4) is 0 Å². The lowest BCUT2D eigenvalue weighted by atomic mass is 10.2. The molecule has 0 radical (unpaired) electrons. The van der Waals surface area contributed by atoms with Crippen molar-refractivity contribution in [2.45, 2.75) is 20.3 Å². The van der Waals surface area contributed by atoms with Gasteiger partial charge in [0.2, 0.25) is 0 Å². The van der Waals surface area contributed by atoms with Gasteiger partial charge in [0.25, 0.3) is 5.91 Å². The molecule has 0 aliphatic rings. The molecule has 0 aliphatic heterocycles. The van der Waals surface area contributed by atoms with Crippen molar-refractivity contribution in [3.05, 3.63) is 44.1 Å². The van der Waals surface area contributed by atoms with Gasteiger partial charge in [0, 0.05) is 9.35 Å². The van der Waals surface area contributed by atoms with Crippen LogP contribution >= 0.6 is 27.3 Å². The van der Waals surface area contributed by atoms with Crippen LogP contribution in [0.25, 0.3) is 0 Å². The number of carbonyl (C=O) groups is 1. The standard InChI is InChI=1S/C14H15BrN2OS/c1-3-9-4-5-12(19-9)14(18)17-13-10(15)6-8(2)7-11(13)16/h4-7H,3,16H2,1-2H3,(H,17,18). The molecule has 5 heteroatoms. The Morgan fingerprint density at radius 3 is 2.74 bits per heavy atom. The predicted molar refractivity (Wildman–Crippen MR) is 84.9 cm³/mol. The Morgan fingerprint density at radius 2 is 2.16 bits per heavy atom. The van der Waals surface area contributed by atoms with Crippen LogP contribution in [-0.4, -0.2) is 5.91 Å². The van der Waals surface area contributed by atoms with Gasteiger partial charge in [-0.3, -0.25) is 4.79 Å². The fourth-order valence-corrected chi connectivity index (χ4v) is 3.30. The summed E-state index contributed by atoms with van der Waals surface area (Å²) in [5.41, 5.74) is 8.18. The molecule has 3 N–H and O–H groups in total. The Balaban J connectivity index is 2.24. The SMILES string of the molecule is CCc1ccc(C(=O)Nc2c(N)cc(C)cc2Br)s1. The average Bonchev–Trinajstić information content (AvgIpc) is 2.82. The third-order valence-corrected chi connectivity index (χ3v) is 4.59. The van der Waals surface area contributed by atoms with Gasteiger partial charge in [0.15, 0.2) is 0 Å². The van der Waals surface area contributed by atoms with Crippen molar-refractivity contribution in [2.24, 2.45) is 0 Å². The van der Waals surface area contributed by atoms with Crippen LogP contribution in [0, 0.1) is 6.92 Å². The molecule has 3 nitrogen and oxygen atoms in total. The van der Waals surface area contributed by atoms with E-state index in [0.29, 0.717) is 16.3 Å². The first-order valence-corrected chi connectivity index (χ1v) is 7.58. The maximum atomic E-state index is 12.2. The minimum absolute atomic E-state index is 0.124. The van der Waals surface area contributed by atoms with E-state index in [1.807, 2.05) is 31.2 Å². The summed E-state index contributed by atoms with van der Waals surface area (Å²) in [4.78, 5) is 14.0. The van der Waals surface area contributed by atoms with Gasteiger partial charge in [-0.05, 0) is 59.1 Å². The molecular formula is C14H15BrN2OS. The Kier molecular flexibility index (Phi) is 4.27. The Labute approximate surface area is 125 Å². The highest BCUT2D eigenvalue weighted by atomic mass is 79.9. The number of carbonyl (C=O) groups excluding carboxylic acids is 1. The van der Waals surface area contributed by atoms with Crippen molar-refractivity contribution in [2.75, 3.05) is 11.1 Å². The summed E-state index contributed by atoms with van der Waals surface area (Å²) in [6, 6.07) is 7.59. The summed E-state index contributed by atoms with van der Waals surface area (Å²) in [7, 11) is 0. The zero-order valence-corrected chi connectivity index (χ0v) is 13.2. The van der Waals surface area contributed by atoms with E-state index in [-0.39, 0.29) is 5.91 Å². The van der Waals surface area contributed by atoms with E-state index in [9.17, 15) is 4.79 Å². The Morgan fingerprint density at radius 1 is 1.42 bits per heavy atom. The summed E-state index contributed by atoms with van der Waals surface area (Å²) in [5.74, 6) is -0.124. The Hall–Kier alpha value is -1.33. The lowest BCUT2D eigenvalue weighted by Crippen LogP contribution is -2.12. The largest absolute Gasteiger partial charge is 0.397 e. The lowest BCUT2D eigenvalue weighted by Gasteiger charge is -2.10. The van der Waals surface area contributed by atoms with E-state index < -0.39 is 0 Å². The maximum absolute atomic E-state index is 12.2. The average molecular weight is 339 g/mol. The second-order valence-electron chi connectivity index (χ2n) is 4.28. The number of thiophene rings is 1. The number of hydrogen-bond acceptors (Lipinski definition) is 3. The number of amides is 1. The van der Waals surface area contributed by atoms with E-state index in [0.717, 1.165) is 16.5 Å². The number of nitrogen functional groups attached to an aromatic ring is 1. The van der Waals surface area contributed by atoms with Crippen LogP contribution in [0.15, 0.2) is 28.7 Å². The smallest absolute Gasteiger partial charge is 0.265 e. The molecule has 0 bridgehead atoms. The molecule has 0 atom stereocenters. The first kappa shape index (κ1) is 14.1. The molecule has 0 saturated heterocycles. The predicted octanol–water partition coefficient (Wildman–Crippen LogP) is 4.22. The number of halogens is 1. The van der Waals surface area contributed by atoms with Gasteiger partial charge in [0.05, 0.1) is 16.3 Å². The fourth-order valence-electron chi connectivity index (χ4n) is 1.77. The van der Waals surface area contributed by atoms with E-state index in [1.54, 1.807) is 0 Å². The normalized spacial score (nSPS) is 10.5. The monoisotopic (exact) mass is 338 g/mol. The maximum Gasteiger partial charge on any atom is 0.265 e. The quantitative estimate of drug-likeness (QED) is 0.823. The van der Waals surface area contributed by atoms with Crippen molar-refractivity contribution in [1.29, 1.82) is 0 Å². The molecule has 0 saturated carbocycles. The minimum atomic E-state index is -0.124. The second kappa shape index (κ2) is 5.75. The van der Waals surface area contributed by atoms with Crippen LogP contribution in [0.3, 0.4) is 0 Å². The minimum Gasteiger partial charge on any atom is -0.397 e. The van der Waals surface area contributed by atoms with Crippen molar-refractivity contribution in [3.63, 3.8) is 0 Å². The number of benzene rings is 1. The zero-order valence-electron chi connectivity index (χ0n) is 10.8. The van der Waals surface area contributed by atoms with Crippen LogP contribution in [0.1, 0.15) is 27.0 Å².